The quantitative estimate of drug-likeness (QED) is 0.0196. The van der Waals surface area contributed by atoms with E-state index in [1.54, 1.807) is 68.7 Å². The number of hydrogen-bond donors (Lipinski definition) is 8. The van der Waals surface area contributed by atoms with Crippen LogP contribution in [0.1, 0.15) is 138 Å². The van der Waals surface area contributed by atoms with E-state index in [0.29, 0.717) is 52.1 Å². The van der Waals surface area contributed by atoms with Crippen LogP contribution in [0.2, 0.25) is 0 Å². The molecule has 4 aliphatic rings. The highest BCUT2D eigenvalue weighted by Crippen LogP contribution is 2.43. The molecule has 4 bridgehead atoms. The van der Waals surface area contributed by atoms with E-state index >= 15 is 19.2 Å². The fraction of sp³-hybridized carbons (Fsp3) is 0.439. The Hall–Kier alpha value is -8.83. The van der Waals surface area contributed by atoms with Gasteiger partial charge in [0.15, 0.2) is 18.1 Å². The number of ether oxygens (including phenoxy) is 8. The number of hydrogen-bond acceptors (Lipinski definition) is 31. The molecule has 9 atom stereocenters. The summed E-state index contributed by atoms with van der Waals surface area (Å²) >= 11 is 5.14. The zero-order valence-electron chi connectivity index (χ0n) is 56.9. The average molecular weight is 1510 g/mol. The number of aliphatic hydroxyl groups excluding tert-OH is 1. The Kier molecular flexibility index (Phi) is 22.7. The molecule has 4 aliphatic heterocycles. The number of nitrogens with zero attached hydrogens (tertiary/aromatic N) is 9. The molecular weight excluding hydrogens is 1440 g/mol. The van der Waals surface area contributed by atoms with E-state index in [1.807, 2.05) is 0 Å². The first-order valence-electron chi connectivity index (χ1n) is 32.5. The minimum atomic E-state index is -1.89. The molecule has 0 spiro atoms. The molecule has 1 aromatic carbocycles. The number of likely N-dealkylation sites (N-methyl/N-ethyl adjacent to an activating group) is 1. The number of rotatable bonds is 21. The van der Waals surface area contributed by atoms with Crippen molar-refractivity contribution >= 4 is 115 Å². The monoisotopic (exact) mass is 1510 g/mol. The molecule has 0 aliphatic carbocycles. The number of allylic oxidation sites excluding steroid dienone is 1. The summed E-state index contributed by atoms with van der Waals surface area (Å²) in [4.78, 5) is 132. The van der Waals surface area contributed by atoms with E-state index in [-0.39, 0.29) is 107 Å². The van der Waals surface area contributed by atoms with Crippen LogP contribution in [0.15, 0.2) is 56.9 Å². The zero-order valence-corrected chi connectivity index (χ0v) is 61.0. The fourth-order valence-corrected chi connectivity index (χ4v) is 16.9. The van der Waals surface area contributed by atoms with Crippen molar-refractivity contribution in [3.63, 3.8) is 0 Å². The van der Waals surface area contributed by atoms with E-state index in [9.17, 15) is 29.8 Å². The van der Waals surface area contributed by atoms with Crippen molar-refractivity contribution in [2.45, 2.75) is 115 Å². The number of esters is 2. The molecule has 2 saturated heterocycles. The van der Waals surface area contributed by atoms with Crippen LogP contribution >= 0.6 is 56.7 Å². The molecule has 12 rings (SSSR count). The molecule has 2 fully saturated rings. The highest BCUT2D eigenvalue weighted by molar-refractivity contribution is 7.14. The van der Waals surface area contributed by atoms with E-state index in [0.717, 1.165) is 76.3 Å². The predicted octanol–water partition coefficient (Wildman–Crippen LogP) is 5.29. The highest BCUT2D eigenvalue weighted by atomic mass is 32.1. The number of amides is 5. The number of pyridine rings is 1. The Morgan fingerprint density at radius 1 is 0.883 bits per heavy atom. The molecule has 32 nitrogen and oxygen atoms in total. The second kappa shape index (κ2) is 31.6. The van der Waals surface area contributed by atoms with Crippen LogP contribution in [0, 0.1) is 0 Å². The molecule has 8 aromatic rings. The summed E-state index contributed by atoms with van der Waals surface area (Å²) < 4.78 is 49.7. The van der Waals surface area contributed by atoms with Crippen LogP contribution in [0.25, 0.3) is 49.3 Å². The molecule has 11 heterocycles. The number of carbonyl (C=O) groups excluding carboxylic acids is 7. The Morgan fingerprint density at radius 3 is 2.33 bits per heavy atom. The number of nitrogens with two attached hydrogens (primary N) is 1. The third kappa shape index (κ3) is 16.1. The molecule has 0 saturated carbocycles. The lowest BCUT2D eigenvalue weighted by atomic mass is 9.85. The van der Waals surface area contributed by atoms with Crippen LogP contribution in [0.3, 0.4) is 0 Å². The van der Waals surface area contributed by atoms with Gasteiger partial charge in [-0.1, -0.05) is 12.1 Å². The first-order valence-corrected chi connectivity index (χ1v) is 36.9. The maximum Gasteiger partial charge on any atom is 0.358 e. The van der Waals surface area contributed by atoms with Gasteiger partial charge in [-0.25, -0.2) is 39.5 Å². The molecule has 5 amide bonds. The molecule has 37 heteroatoms. The summed E-state index contributed by atoms with van der Waals surface area (Å²) in [5.74, 6) is -5.20. The number of nitrogens with one attached hydrogen (secondary N) is 4. The van der Waals surface area contributed by atoms with Crippen LogP contribution in [0.4, 0.5) is 0 Å². The number of aliphatic hydroxyl groups is 2. The Bertz CT molecular complexity index is 4550. The van der Waals surface area contributed by atoms with E-state index in [1.165, 1.54) is 43.3 Å². The Labute approximate surface area is 608 Å². The molecular formula is C66H74N14O18S5. The maximum atomic E-state index is 15.2. The van der Waals surface area contributed by atoms with Crippen molar-refractivity contribution in [3.8, 4) is 38.4 Å². The normalized spacial score (nSPS) is 22.5. The number of carbonyl (C=O) groups is 7. The van der Waals surface area contributed by atoms with Gasteiger partial charge in [-0.05, 0) is 72.5 Å². The number of fused-ring (bicyclic) bond motifs is 4. The van der Waals surface area contributed by atoms with Gasteiger partial charge < -0.3 is 85.2 Å². The molecule has 9 N–H and O–H groups in total. The van der Waals surface area contributed by atoms with Crippen molar-refractivity contribution in [1.82, 2.24) is 65.7 Å². The smallest absolute Gasteiger partial charge is 0.358 e. The number of aromatic nitrogens is 7. The van der Waals surface area contributed by atoms with Gasteiger partial charge in [0.1, 0.15) is 114 Å². The van der Waals surface area contributed by atoms with Crippen LogP contribution in [-0.4, -0.2) is 218 Å². The third-order valence-electron chi connectivity index (χ3n) is 17.5. The van der Waals surface area contributed by atoms with Gasteiger partial charge in [-0.3, -0.25) is 28.9 Å². The molecule has 7 aromatic heterocycles. The Balaban J connectivity index is 0.940. The topological polar surface area (TPSA) is 417 Å². The van der Waals surface area contributed by atoms with Crippen molar-refractivity contribution < 1.29 is 86.9 Å². The van der Waals surface area contributed by atoms with Crippen molar-refractivity contribution in [2.75, 3.05) is 74.3 Å². The van der Waals surface area contributed by atoms with E-state index in [4.69, 9.17) is 58.6 Å². The molecule has 0 unspecified atom stereocenters. The highest BCUT2D eigenvalue weighted by Gasteiger charge is 2.50. The van der Waals surface area contributed by atoms with E-state index < -0.39 is 116 Å². The Morgan fingerprint density at radius 2 is 1.60 bits per heavy atom. The number of primary amides is 1. The van der Waals surface area contributed by atoms with Gasteiger partial charge in [-0.15, -0.1) is 56.7 Å². The lowest BCUT2D eigenvalue weighted by molar-refractivity contribution is -0.280. The summed E-state index contributed by atoms with van der Waals surface area (Å²) in [7, 11) is 6.37. The van der Waals surface area contributed by atoms with Crippen LogP contribution in [-0.2, 0) is 56.0 Å². The van der Waals surface area contributed by atoms with Crippen molar-refractivity contribution in [2.24, 2.45) is 5.73 Å². The molecule has 103 heavy (non-hydrogen) atoms. The summed E-state index contributed by atoms with van der Waals surface area (Å²) in [5, 5.41) is 54.3. The van der Waals surface area contributed by atoms with Crippen LogP contribution in [0.5, 0.6) is 5.75 Å². The number of methoxy groups -OCH3 is 2. The van der Waals surface area contributed by atoms with Gasteiger partial charge in [0.2, 0.25) is 5.91 Å². The first kappa shape index (κ1) is 73.9. The summed E-state index contributed by atoms with van der Waals surface area (Å²) in [5.41, 5.74) is 4.92. The average Bonchev–Trinajstić information content (AvgIpc) is 1.64. The zero-order chi connectivity index (χ0) is 73.1. The van der Waals surface area contributed by atoms with Gasteiger partial charge in [-0.2, -0.15) is 4.73 Å². The first-order chi connectivity index (χ1) is 49.4. The van der Waals surface area contributed by atoms with Gasteiger partial charge in [0, 0.05) is 69.5 Å². The summed E-state index contributed by atoms with van der Waals surface area (Å²) in [6.45, 7) is 8.80. The van der Waals surface area contributed by atoms with Crippen molar-refractivity contribution in [1.29, 1.82) is 0 Å². The predicted molar refractivity (Wildman–Crippen MR) is 375 cm³/mol. The number of thiazole rings is 5. The lowest BCUT2D eigenvalue weighted by Crippen LogP contribution is -2.62. The summed E-state index contributed by atoms with van der Waals surface area (Å²) in [6.07, 6.45) is -6.42. The summed E-state index contributed by atoms with van der Waals surface area (Å²) in [6, 6.07) is 2.89. The largest absolute Gasteiger partial charge is 0.499 e. The second-order valence-corrected chi connectivity index (χ2v) is 29.4. The fourth-order valence-electron chi connectivity index (χ4n) is 12.7. The SMILES string of the molecule is CO/C(C)=C(/NC(=O)C[C@@H](C)O)c1nc(C(=O)N[C@@H]2c3nc(cs3)C(=O)N[C@H](c3nc(-c4nc(-c5nc(C(=O)NCCCN6CCOCC6)cs5)c(OC)cc4-c4nc(C(N)=O)cs4)cs3)COC(=O)c3c4c5c(cccc5n3O)COC(=O)[C@@H](O[C@H]3C[C@](C)(O)[C@H](N(C)C)[C@H](C)O3)[C@H]2OC4)cs1. The minimum absolute atomic E-state index is 0.0253. The third-order valence-corrected chi connectivity index (χ3v) is 21.9. The molecule has 0 radical (unpaired) electrons. The maximum absolute atomic E-state index is 15.2. The minimum Gasteiger partial charge on any atom is -0.499 e. The van der Waals surface area contributed by atoms with Gasteiger partial charge in [0.05, 0.1) is 69.8 Å². The molecule has 546 valence electrons. The number of morpholine rings is 1. The van der Waals surface area contributed by atoms with Gasteiger partial charge in [0.25, 0.3) is 23.6 Å². The van der Waals surface area contributed by atoms with Gasteiger partial charge >= 0.3 is 11.9 Å². The van der Waals surface area contributed by atoms with Crippen molar-refractivity contribution in [3.05, 3.63) is 112 Å². The standard InChI is InChI=1S/C66H74N14O18S5/c1-30(81)19-44(82)75-47(31(2)91-7)61-73-41(29-101-61)58(86)77-50-52-53(98-45-21-66(4,89)54(78(5)6)32(3)97-45)65(88)95-22-33-11-9-12-42-46(33)35(23-94-52)51(80(42)90)64(87)96-24-36(69-57(85)40-28-103-63(50)74-40)60-70-37(25-100-60)48-34(59-71-38(26-99-59)55(67)83)20-43(92-8)49(76-48)62-72-39(27-102-62)56(84)68-13-10-14-79-15-17-93-18-16-79/h9,11-12,20,25-30,32,36,45,50,52-54,81,89-90H,10,13-19,21-24H2,1-8H3,(H2,67,83)(H,68,84)(H,69,85)(H,75,82)(H,77,86)/b47-31+/t30-,32+,36+,45+,50+,52+,53+,54-,66+/m1/s1. The van der Waals surface area contributed by atoms with E-state index in [2.05, 4.69) is 41.1 Å². The lowest BCUT2D eigenvalue weighted by Gasteiger charge is -2.48. The number of cyclic esters (lactones) is 2. The van der Waals surface area contributed by atoms with Crippen LogP contribution < -0.4 is 31.7 Å². The second-order valence-electron chi connectivity index (χ2n) is 25.1. The number of benzene rings is 1.